The number of fused-ring (bicyclic) bond motifs is 1. The Labute approximate surface area is 140 Å². The molecule has 1 aromatic carbocycles. The molecule has 1 aromatic rings. The maximum absolute atomic E-state index is 8.90. The van der Waals surface area contributed by atoms with Gasteiger partial charge in [0, 0.05) is 31.3 Å². The van der Waals surface area contributed by atoms with E-state index < -0.39 is 0 Å². The summed E-state index contributed by atoms with van der Waals surface area (Å²) in [6, 6.07) is 5.12. The molecule has 4 nitrogen and oxygen atoms in total. The van der Waals surface area contributed by atoms with Crippen molar-refractivity contribution in [1.29, 1.82) is 0 Å². The van der Waals surface area contributed by atoms with E-state index in [0.717, 1.165) is 51.2 Å². The van der Waals surface area contributed by atoms with Gasteiger partial charge in [0.25, 0.3) is 0 Å². The number of benzene rings is 1. The minimum Gasteiger partial charge on any atom is -0.494 e. The van der Waals surface area contributed by atoms with Gasteiger partial charge < -0.3 is 15.2 Å². The fourth-order valence-electron chi connectivity index (χ4n) is 3.55. The van der Waals surface area contributed by atoms with Crippen LogP contribution in [-0.4, -0.2) is 42.9 Å². The monoisotopic (exact) mass is 320 g/mol. The second kappa shape index (κ2) is 9.26. The van der Waals surface area contributed by atoms with E-state index in [4.69, 9.17) is 9.84 Å². The van der Waals surface area contributed by atoms with Gasteiger partial charge in [0.2, 0.25) is 0 Å². The van der Waals surface area contributed by atoms with Gasteiger partial charge in [-0.2, -0.15) is 0 Å². The van der Waals surface area contributed by atoms with E-state index in [1.165, 1.54) is 16.7 Å². The Hall–Kier alpha value is -1.10. The number of ether oxygens (including phenoxy) is 1. The highest BCUT2D eigenvalue weighted by molar-refractivity contribution is 5.45. The summed E-state index contributed by atoms with van der Waals surface area (Å²) in [7, 11) is 0. The minimum absolute atomic E-state index is 0.237. The van der Waals surface area contributed by atoms with Crippen LogP contribution < -0.4 is 10.1 Å². The van der Waals surface area contributed by atoms with Crippen molar-refractivity contribution in [3.8, 4) is 5.75 Å². The average Bonchev–Trinajstić information content (AvgIpc) is 2.58. The number of rotatable bonds is 9. The third kappa shape index (κ3) is 4.46. The zero-order valence-corrected chi connectivity index (χ0v) is 14.9. The normalized spacial score (nSPS) is 18.0. The smallest absolute Gasteiger partial charge is 0.124 e. The fourth-order valence-corrected chi connectivity index (χ4v) is 3.55. The van der Waals surface area contributed by atoms with Crippen LogP contribution in [0.1, 0.15) is 56.3 Å². The SMILES string of the molecule is CCOc1cc2c(cc1CNCCCO)CCN(CC)C2CC. The van der Waals surface area contributed by atoms with Gasteiger partial charge in [0.1, 0.15) is 5.75 Å². The Morgan fingerprint density at radius 3 is 2.78 bits per heavy atom. The van der Waals surface area contributed by atoms with Crippen LogP contribution >= 0.6 is 0 Å². The molecule has 1 atom stereocenters. The van der Waals surface area contributed by atoms with Gasteiger partial charge in [-0.3, -0.25) is 4.90 Å². The van der Waals surface area contributed by atoms with E-state index in [9.17, 15) is 0 Å². The van der Waals surface area contributed by atoms with E-state index in [1.54, 1.807) is 0 Å². The predicted molar refractivity (Wildman–Crippen MR) is 95.0 cm³/mol. The first-order valence-electron chi connectivity index (χ1n) is 9.09. The van der Waals surface area contributed by atoms with Gasteiger partial charge >= 0.3 is 0 Å². The molecule has 0 aliphatic carbocycles. The number of likely N-dealkylation sites (N-methyl/N-ethyl adjacent to an activating group) is 1. The van der Waals surface area contributed by atoms with Crippen molar-refractivity contribution in [2.45, 2.75) is 52.6 Å². The van der Waals surface area contributed by atoms with Crippen LogP contribution in [0.2, 0.25) is 0 Å². The molecule has 0 radical (unpaired) electrons. The zero-order chi connectivity index (χ0) is 16.7. The second-order valence-corrected chi connectivity index (χ2v) is 6.15. The first-order valence-corrected chi connectivity index (χ1v) is 9.09. The molecule has 1 aliphatic heterocycles. The van der Waals surface area contributed by atoms with Crippen molar-refractivity contribution in [3.05, 3.63) is 28.8 Å². The lowest BCUT2D eigenvalue weighted by molar-refractivity contribution is 0.189. The van der Waals surface area contributed by atoms with Crippen LogP contribution in [0.25, 0.3) is 0 Å². The van der Waals surface area contributed by atoms with Crippen LogP contribution in [-0.2, 0) is 13.0 Å². The number of nitrogens with one attached hydrogen (secondary N) is 1. The standard InChI is InChI=1S/C19H32N2O2/c1-4-18-17-13-19(23-6-3)16(14-20-9-7-11-22)12-15(17)8-10-21(18)5-2/h12-13,18,20,22H,4-11,14H2,1-3H3. The highest BCUT2D eigenvalue weighted by Gasteiger charge is 2.26. The van der Waals surface area contributed by atoms with Gasteiger partial charge in [-0.15, -0.1) is 0 Å². The fraction of sp³-hybridized carbons (Fsp3) is 0.684. The molecule has 0 aromatic heterocycles. The van der Waals surface area contributed by atoms with E-state index in [2.05, 4.69) is 36.2 Å². The summed E-state index contributed by atoms with van der Waals surface area (Å²) in [5, 5.41) is 12.3. The number of hydrogen-bond acceptors (Lipinski definition) is 4. The molecule has 0 saturated carbocycles. The molecule has 0 bridgehead atoms. The predicted octanol–water partition coefficient (Wildman–Crippen LogP) is 2.89. The average molecular weight is 320 g/mol. The first kappa shape index (κ1) is 18.2. The molecule has 1 aliphatic rings. The van der Waals surface area contributed by atoms with Crippen molar-refractivity contribution >= 4 is 0 Å². The molecule has 23 heavy (non-hydrogen) atoms. The van der Waals surface area contributed by atoms with Crippen molar-refractivity contribution < 1.29 is 9.84 Å². The van der Waals surface area contributed by atoms with Crippen LogP contribution in [0.15, 0.2) is 12.1 Å². The molecule has 1 heterocycles. The summed E-state index contributed by atoms with van der Waals surface area (Å²) in [4.78, 5) is 2.57. The van der Waals surface area contributed by atoms with Crippen molar-refractivity contribution in [1.82, 2.24) is 10.2 Å². The lowest BCUT2D eigenvalue weighted by Gasteiger charge is -2.37. The van der Waals surface area contributed by atoms with E-state index in [0.29, 0.717) is 12.6 Å². The molecular weight excluding hydrogens is 288 g/mol. The van der Waals surface area contributed by atoms with Crippen molar-refractivity contribution in [2.75, 3.05) is 32.8 Å². The Balaban J connectivity index is 2.24. The van der Waals surface area contributed by atoms with E-state index in [1.807, 2.05) is 6.92 Å². The Morgan fingerprint density at radius 1 is 1.30 bits per heavy atom. The summed E-state index contributed by atoms with van der Waals surface area (Å²) < 4.78 is 5.91. The van der Waals surface area contributed by atoms with Crippen LogP contribution in [0.4, 0.5) is 0 Å². The molecule has 0 spiro atoms. The summed E-state index contributed by atoms with van der Waals surface area (Å²) in [5.74, 6) is 1.01. The number of aliphatic hydroxyl groups excluding tert-OH is 1. The van der Waals surface area contributed by atoms with Crippen molar-refractivity contribution in [3.63, 3.8) is 0 Å². The molecule has 2 N–H and O–H groups in total. The number of nitrogens with zero attached hydrogens (tertiary/aromatic N) is 1. The third-order valence-corrected chi connectivity index (χ3v) is 4.71. The van der Waals surface area contributed by atoms with Crippen LogP contribution in [0.3, 0.4) is 0 Å². The summed E-state index contributed by atoms with van der Waals surface area (Å²) >= 11 is 0. The van der Waals surface area contributed by atoms with E-state index >= 15 is 0 Å². The quantitative estimate of drug-likeness (QED) is 0.687. The maximum Gasteiger partial charge on any atom is 0.124 e. The van der Waals surface area contributed by atoms with Gasteiger partial charge in [-0.25, -0.2) is 0 Å². The Morgan fingerprint density at radius 2 is 2.13 bits per heavy atom. The molecule has 0 saturated heterocycles. The van der Waals surface area contributed by atoms with Crippen LogP contribution in [0, 0.1) is 0 Å². The zero-order valence-electron chi connectivity index (χ0n) is 14.9. The lowest BCUT2D eigenvalue weighted by atomic mass is 9.89. The molecular formula is C19H32N2O2. The number of aliphatic hydroxyl groups is 1. The molecule has 1 unspecified atom stereocenters. The first-order chi connectivity index (χ1) is 11.2. The van der Waals surface area contributed by atoms with Gasteiger partial charge in [0.15, 0.2) is 0 Å². The Kier molecular flexibility index (Phi) is 7.34. The topological polar surface area (TPSA) is 44.7 Å². The maximum atomic E-state index is 8.90. The van der Waals surface area contributed by atoms with Crippen LogP contribution in [0.5, 0.6) is 5.75 Å². The van der Waals surface area contributed by atoms with Crippen molar-refractivity contribution in [2.24, 2.45) is 0 Å². The summed E-state index contributed by atoms with van der Waals surface area (Å²) in [6.07, 6.45) is 3.05. The van der Waals surface area contributed by atoms with E-state index in [-0.39, 0.29) is 6.61 Å². The molecule has 130 valence electrons. The third-order valence-electron chi connectivity index (χ3n) is 4.71. The Bertz CT molecular complexity index is 491. The largest absolute Gasteiger partial charge is 0.494 e. The summed E-state index contributed by atoms with van der Waals surface area (Å²) in [5.41, 5.74) is 4.16. The molecule has 4 heteroatoms. The van der Waals surface area contributed by atoms with Gasteiger partial charge in [0.05, 0.1) is 6.61 Å². The summed E-state index contributed by atoms with van der Waals surface area (Å²) in [6.45, 7) is 11.4. The number of hydrogen-bond donors (Lipinski definition) is 2. The molecule has 2 rings (SSSR count). The molecule has 0 amide bonds. The minimum atomic E-state index is 0.237. The second-order valence-electron chi connectivity index (χ2n) is 6.15. The highest BCUT2D eigenvalue weighted by atomic mass is 16.5. The van der Waals surface area contributed by atoms with Gasteiger partial charge in [-0.1, -0.05) is 19.9 Å². The highest BCUT2D eigenvalue weighted by Crippen LogP contribution is 2.36. The molecule has 0 fully saturated rings. The van der Waals surface area contributed by atoms with Gasteiger partial charge in [-0.05, 0) is 56.5 Å². The lowest BCUT2D eigenvalue weighted by Crippen LogP contribution is -2.35.